The largest absolute Gasteiger partial charge is 0.0552 e. The Morgan fingerprint density at radius 2 is 0.214 bits per heavy atom. The third-order valence-corrected chi connectivity index (χ3v) is 16.6. The quantitative estimate of drug-likeness (QED) is 0.0808. The van der Waals surface area contributed by atoms with Crippen molar-refractivity contribution in [3.8, 4) is 0 Å². The van der Waals surface area contributed by atoms with Crippen LogP contribution in [0.1, 0.15) is 0 Å². The molecule has 0 heterocycles. The molecular weight excluding hydrogens is 605 g/mol. The van der Waals surface area contributed by atoms with Crippen molar-refractivity contribution in [2.45, 2.75) is 0 Å². The van der Waals surface area contributed by atoms with Gasteiger partial charge in [-0.25, -0.2) is 0 Å². The zero-order valence-corrected chi connectivity index (χ0v) is 44.6. The lowest BCUT2D eigenvalue weighted by atomic mass is 8.23. The van der Waals surface area contributed by atoms with Crippen molar-refractivity contribution in [1.29, 1.82) is 0 Å². The molecule has 0 saturated carbocycles. The van der Waals surface area contributed by atoms with E-state index in [4.69, 9.17) is 0 Å². The fourth-order valence-electron chi connectivity index (χ4n) is 15.6. The summed E-state index contributed by atoms with van der Waals surface area (Å²) in [6.07, 6.45) is 17.7. The fourth-order valence-corrected chi connectivity index (χ4v) is 15.6. The summed E-state index contributed by atoms with van der Waals surface area (Å²) < 4.78 is 0. The summed E-state index contributed by atoms with van der Waals surface area (Å²) in [5, 5.41) is 0. The van der Waals surface area contributed by atoms with E-state index in [-0.39, 0.29) is 0 Å². The lowest BCUT2D eigenvalue weighted by Crippen LogP contribution is -2.96. The zero-order valence-electron chi connectivity index (χ0n) is 44.6. The van der Waals surface area contributed by atoms with E-state index >= 15 is 0 Å². The van der Waals surface area contributed by atoms with Gasteiger partial charge in [0.15, 0.2) is 0 Å². The van der Waals surface area contributed by atoms with E-state index in [9.17, 15) is 0 Å². The van der Waals surface area contributed by atoms with Gasteiger partial charge in [-0.1, -0.05) is 0 Å². The van der Waals surface area contributed by atoms with Gasteiger partial charge in [0.1, 0.15) is 0 Å². The Morgan fingerprint density at radius 1 is 0.107 bits per heavy atom. The van der Waals surface area contributed by atoms with Gasteiger partial charge in [0, 0.05) is 172 Å². The summed E-state index contributed by atoms with van der Waals surface area (Å²) in [5.41, 5.74) is 0. The minimum absolute atomic E-state index is 0.635. The van der Waals surface area contributed by atoms with Gasteiger partial charge in [-0.2, -0.15) is 0 Å². The van der Waals surface area contributed by atoms with Crippen molar-refractivity contribution in [1.82, 2.24) is 0 Å². The summed E-state index contributed by atoms with van der Waals surface area (Å²) in [7, 11) is 76.3. The topological polar surface area (TPSA) is 0 Å². The van der Waals surface area contributed by atoms with E-state index in [1.54, 1.807) is 0 Å². The molecule has 0 aliphatic rings. The van der Waals surface area contributed by atoms with Crippen LogP contribution in [0.3, 0.4) is 0 Å². The average molecular weight is 664 g/mol. The highest BCUT2D eigenvalue weighted by Gasteiger charge is 2.62. The van der Waals surface area contributed by atoms with E-state index in [1.165, 1.54) is 0 Å². The van der Waals surface area contributed by atoms with E-state index < -0.39 is 0 Å². The molecule has 0 rings (SSSR count). The highest BCUT2D eigenvalue weighted by molar-refractivity contribution is 8.36. The molecule has 0 spiro atoms. The van der Waals surface area contributed by atoms with Crippen molar-refractivity contribution in [3.05, 3.63) is 0 Å². The van der Waals surface area contributed by atoms with Crippen LogP contribution in [0, 0.1) is 0 Å². The van der Waals surface area contributed by atoms with Crippen LogP contribution >= 0.6 is 0 Å². The molecule has 0 aromatic carbocycles. The van der Waals surface area contributed by atoms with Gasteiger partial charge in [0.05, 0.1) is 224 Å². The second-order valence-corrected chi connectivity index (χ2v) is 25.2. The van der Waals surface area contributed by atoms with E-state index in [1.807, 2.05) is 0 Å². The molecule has 0 nitrogen and oxygen atoms in total. The van der Waals surface area contributed by atoms with Crippen LogP contribution in [0.2, 0.25) is 0 Å². The second kappa shape index (κ2) is 27.2. The molecule has 0 aliphatic heterocycles. The van der Waals surface area contributed by atoms with Gasteiger partial charge in [0.2, 0.25) is 0 Å². The van der Waals surface area contributed by atoms with Gasteiger partial charge in [-0.05, 0) is 0 Å². The minimum atomic E-state index is 0.635. The Kier molecular flexibility index (Phi) is 29.0. The Hall–Kier alpha value is 3.64. The number of hydrogen-bond donors (Lipinski definition) is 0. The van der Waals surface area contributed by atoms with Gasteiger partial charge >= 0.3 is 0 Å². The maximum atomic E-state index is 2.70. The first-order valence-electron chi connectivity index (χ1n) is 25.4. The van der Waals surface area contributed by atoms with Gasteiger partial charge < -0.3 is 0 Å². The lowest BCUT2D eigenvalue weighted by molar-refractivity contribution is 3.18. The van der Waals surface area contributed by atoms with Gasteiger partial charge in [-0.3, -0.25) is 0 Å². The predicted octanol–water partition coefficient (Wildman–Crippen LogP) is -36.9. The van der Waals surface area contributed by atoms with Crippen LogP contribution < -0.4 is 0 Å². The fraction of sp³-hybridized carbons (Fsp3) is 0. The molecule has 0 saturated heterocycles. The molecule has 56 heavy (non-hydrogen) atoms. The van der Waals surface area contributed by atoms with Crippen molar-refractivity contribution in [2.75, 3.05) is 0 Å². The Balaban J connectivity index is 10.2. The molecule has 0 N–H and O–H groups in total. The summed E-state index contributed by atoms with van der Waals surface area (Å²) in [5.74, 6) is 0. The smallest absolute Gasteiger partial charge is 0.00000860 e. The Morgan fingerprint density at radius 3 is 0.339 bits per heavy atom. The van der Waals surface area contributed by atoms with E-state index in [0.717, 1.165) is 0 Å². The molecule has 0 aliphatic carbocycles. The number of rotatable bonds is 26. The monoisotopic (exact) mass is 675 g/mol. The van der Waals surface area contributed by atoms with Crippen LogP contribution in [-0.4, -0.2) is 397 Å². The maximum absolute atomic E-state index is 2.70. The molecular formula is H58B56. The molecule has 0 bridgehead atoms. The Bertz CT molecular complexity index is 911. The average Bonchev–Trinajstić information content (AvgIpc) is 2.97. The third kappa shape index (κ3) is 16.0. The molecule has 0 aromatic rings. The molecule has 0 fully saturated rings. The number of hydrogen-bond acceptors (Lipinski definition) is 0. The summed E-state index contributed by atoms with van der Waals surface area (Å²) >= 11 is 0. The molecule has 0 amide bonds. The van der Waals surface area contributed by atoms with Crippen molar-refractivity contribution in [2.24, 2.45) is 0 Å². The molecule has 0 radical (unpaired) electrons. The van der Waals surface area contributed by atoms with Crippen LogP contribution in [0.15, 0.2) is 0 Å². The molecule has 56 heteroatoms. The molecule has 0 aromatic heterocycles. The predicted molar refractivity (Wildman–Crippen MR) is 403 cm³/mol. The normalized spacial score (nSPS) is 9.71. The SMILES string of the molecule is BB(B)B(B)B(B(B)B)B(B(B(B)B)B(B)B)B(B(B(B(B)B)B(B)B)B(B(B)B)B(B)B)B(B(B(B)B)B(B)B)B(B(B(B)B)B(B)B)B(B(B)B)B(B)B. The van der Waals surface area contributed by atoms with Crippen LogP contribution in [-0.2, 0) is 0 Å². The van der Waals surface area contributed by atoms with Crippen LogP contribution in [0.4, 0.5) is 0 Å². The van der Waals surface area contributed by atoms with Gasteiger partial charge in [0.25, 0.3) is 0 Å². The van der Waals surface area contributed by atoms with Crippen LogP contribution in [0.25, 0.3) is 0 Å². The molecule has 0 unspecified atom stereocenters. The first-order chi connectivity index (χ1) is 25.4. The maximum Gasteiger partial charge on any atom is 0.0552 e. The third-order valence-electron chi connectivity index (χ3n) is 16.6. The molecule has 0 atom stereocenters. The standard InChI is InChI=1S/B56H58/c1-30(2)44(29)51(43(27)28)54(49(39(19)20)40(21)22)56(53(47(35(11)12)36(13)14)48(37(15)16)38(17)18)55(50(41(23)24)42(25)26)52(45(31(3)4)32(5)6)46(33(7)8)34(9)10/h1-29H2. The minimum Gasteiger partial charge on any atom is 0.00000860 e. The highest BCUT2D eigenvalue weighted by Crippen LogP contribution is 2.23. The zero-order chi connectivity index (χ0) is 44.6. The highest BCUT2D eigenvalue weighted by atomic mass is 13.4. The van der Waals surface area contributed by atoms with Gasteiger partial charge in [-0.15, -0.1) is 0 Å². The Labute approximate surface area is 393 Å². The van der Waals surface area contributed by atoms with E-state index in [2.05, 4.69) is 224 Å². The summed E-state index contributed by atoms with van der Waals surface area (Å²) in [4.78, 5) is 0. The van der Waals surface area contributed by atoms with Crippen LogP contribution in [0.5, 0.6) is 0 Å². The van der Waals surface area contributed by atoms with Crippen molar-refractivity contribution in [3.63, 3.8) is 0 Å². The summed E-state index contributed by atoms with van der Waals surface area (Å²) in [6, 6.07) is 0. The van der Waals surface area contributed by atoms with Crippen molar-refractivity contribution >= 4 is 397 Å². The first kappa shape index (κ1) is 59.6. The van der Waals surface area contributed by atoms with Crippen molar-refractivity contribution < 1.29 is 0 Å². The lowest BCUT2D eigenvalue weighted by Gasteiger charge is -2.57. The second-order valence-electron chi connectivity index (χ2n) is 25.2. The first-order valence-corrected chi connectivity index (χ1v) is 25.4. The van der Waals surface area contributed by atoms with E-state index in [0.29, 0.717) is 172 Å². The molecule has 226 valence electrons. The summed E-state index contributed by atoms with van der Waals surface area (Å²) in [6.45, 7) is 0.